The highest BCUT2D eigenvalue weighted by Crippen LogP contribution is 2.37. The SMILES string of the molecule is CCCCC(CC)CN1CCOc2cc(C(C#N)=C(C#N)C#N)c(C)cc21. The molecule has 1 aromatic rings. The number of fused-ring (bicyclic) bond motifs is 1. The number of allylic oxidation sites excluding steroid dienone is 2. The minimum Gasteiger partial charge on any atom is -0.490 e. The third-order valence-corrected chi connectivity index (χ3v) is 5.14. The van der Waals surface area contributed by atoms with Gasteiger partial charge in [-0.1, -0.05) is 33.1 Å². The summed E-state index contributed by atoms with van der Waals surface area (Å²) in [5, 5.41) is 27.7. The lowest BCUT2D eigenvalue weighted by atomic mass is 9.95. The van der Waals surface area contributed by atoms with Crippen LogP contribution in [-0.4, -0.2) is 19.7 Å². The number of nitriles is 3. The maximum absolute atomic E-state index is 9.46. The van der Waals surface area contributed by atoms with Crippen molar-refractivity contribution in [2.24, 2.45) is 5.92 Å². The number of benzene rings is 1. The van der Waals surface area contributed by atoms with Crippen LogP contribution in [-0.2, 0) is 0 Å². The lowest BCUT2D eigenvalue weighted by molar-refractivity contribution is 0.300. The summed E-state index contributed by atoms with van der Waals surface area (Å²) in [6.45, 7) is 8.80. The molecule has 0 saturated carbocycles. The fourth-order valence-corrected chi connectivity index (χ4v) is 3.50. The van der Waals surface area contributed by atoms with Gasteiger partial charge in [0, 0.05) is 12.1 Å². The first kappa shape index (κ1) is 20.3. The standard InChI is InChI=1S/C22H26N4O/c1-4-6-7-17(5-2)15-26-8-9-27-22-11-19(16(3)10-21(22)26)20(14-25)18(12-23)13-24/h10-11,17H,4-9,15H2,1-3H3. The van der Waals surface area contributed by atoms with Gasteiger partial charge in [0.2, 0.25) is 0 Å². The number of aryl methyl sites for hydroxylation is 1. The van der Waals surface area contributed by atoms with Crippen LogP contribution in [0.15, 0.2) is 17.7 Å². The normalized spacial score (nSPS) is 13.4. The molecular weight excluding hydrogens is 336 g/mol. The summed E-state index contributed by atoms with van der Waals surface area (Å²) in [7, 11) is 0. The zero-order chi connectivity index (χ0) is 19.8. The molecule has 1 unspecified atom stereocenters. The molecular formula is C22H26N4O. The van der Waals surface area contributed by atoms with E-state index in [2.05, 4.69) is 18.7 Å². The molecule has 0 aliphatic carbocycles. The van der Waals surface area contributed by atoms with E-state index >= 15 is 0 Å². The number of unbranched alkanes of at least 4 members (excludes halogenated alkanes) is 1. The van der Waals surface area contributed by atoms with Gasteiger partial charge in [0.25, 0.3) is 0 Å². The largest absolute Gasteiger partial charge is 0.490 e. The van der Waals surface area contributed by atoms with Crippen molar-refractivity contribution in [3.05, 3.63) is 28.8 Å². The fourth-order valence-electron chi connectivity index (χ4n) is 3.50. The van der Waals surface area contributed by atoms with E-state index in [4.69, 9.17) is 15.3 Å². The summed E-state index contributed by atoms with van der Waals surface area (Å²) < 4.78 is 5.85. The van der Waals surface area contributed by atoms with Crippen molar-refractivity contribution in [3.8, 4) is 24.0 Å². The second kappa shape index (κ2) is 9.65. The van der Waals surface area contributed by atoms with Gasteiger partial charge in [-0.2, -0.15) is 15.8 Å². The van der Waals surface area contributed by atoms with Gasteiger partial charge in [-0.05, 0) is 37.0 Å². The van der Waals surface area contributed by atoms with Crippen molar-refractivity contribution in [1.29, 1.82) is 15.8 Å². The van der Waals surface area contributed by atoms with E-state index in [1.54, 1.807) is 6.07 Å². The Morgan fingerprint density at radius 1 is 1.19 bits per heavy atom. The third-order valence-electron chi connectivity index (χ3n) is 5.14. The smallest absolute Gasteiger partial charge is 0.148 e. The Morgan fingerprint density at radius 3 is 2.52 bits per heavy atom. The van der Waals surface area contributed by atoms with Crippen LogP contribution in [0.3, 0.4) is 0 Å². The van der Waals surface area contributed by atoms with Crippen molar-refractivity contribution in [2.75, 3.05) is 24.6 Å². The Balaban J connectivity index is 2.40. The second-order valence-corrected chi connectivity index (χ2v) is 6.93. The molecule has 0 fully saturated rings. The topological polar surface area (TPSA) is 83.8 Å². The molecule has 27 heavy (non-hydrogen) atoms. The van der Waals surface area contributed by atoms with Crippen LogP contribution < -0.4 is 9.64 Å². The van der Waals surface area contributed by atoms with Gasteiger partial charge in [0.1, 0.15) is 36.1 Å². The first-order valence-corrected chi connectivity index (χ1v) is 9.56. The molecule has 0 saturated heterocycles. The maximum Gasteiger partial charge on any atom is 0.148 e. The molecule has 1 aliphatic heterocycles. The summed E-state index contributed by atoms with van der Waals surface area (Å²) in [5.74, 6) is 1.37. The Labute approximate surface area is 162 Å². The summed E-state index contributed by atoms with van der Waals surface area (Å²) in [6, 6.07) is 9.46. The predicted octanol–water partition coefficient (Wildman–Crippen LogP) is 4.73. The van der Waals surface area contributed by atoms with Crippen LogP contribution >= 0.6 is 0 Å². The van der Waals surface area contributed by atoms with Gasteiger partial charge in [-0.25, -0.2) is 0 Å². The molecule has 0 amide bonds. The fraction of sp³-hybridized carbons (Fsp3) is 0.500. The van der Waals surface area contributed by atoms with E-state index in [-0.39, 0.29) is 11.1 Å². The molecule has 0 N–H and O–H groups in total. The van der Waals surface area contributed by atoms with Gasteiger partial charge in [0.15, 0.2) is 0 Å². The molecule has 5 heteroatoms. The lowest BCUT2D eigenvalue weighted by Gasteiger charge is -2.34. The van der Waals surface area contributed by atoms with Crippen molar-refractivity contribution in [3.63, 3.8) is 0 Å². The van der Waals surface area contributed by atoms with Crippen LogP contribution in [0.25, 0.3) is 5.57 Å². The Kier molecular flexibility index (Phi) is 7.27. The molecule has 1 atom stereocenters. The second-order valence-electron chi connectivity index (χ2n) is 6.93. The average molecular weight is 362 g/mol. The Bertz CT molecular complexity index is 820. The van der Waals surface area contributed by atoms with Crippen molar-refractivity contribution < 1.29 is 4.74 Å². The van der Waals surface area contributed by atoms with E-state index in [1.165, 1.54) is 19.3 Å². The Hall–Kier alpha value is -2.97. The summed E-state index contributed by atoms with van der Waals surface area (Å²) >= 11 is 0. The molecule has 0 spiro atoms. The first-order chi connectivity index (χ1) is 13.1. The zero-order valence-electron chi connectivity index (χ0n) is 16.4. The van der Waals surface area contributed by atoms with Gasteiger partial charge in [0.05, 0.1) is 17.8 Å². The number of rotatable bonds is 7. The Morgan fingerprint density at radius 2 is 1.93 bits per heavy atom. The summed E-state index contributed by atoms with van der Waals surface area (Å²) in [6.07, 6.45) is 4.84. The summed E-state index contributed by atoms with van der Waals surface area (Å²) in [4.78, 5) is 2.37. The third kappa shape index (κ3) is 4.60. The van der Waals surface area contributed by atoms with Crippen LogP contribution in [0.1, 0.15) is 50.7 Å². The van der Waals surface area contributed by atoms with E-state index < -0.39 is 0 Å². The molecule has 1 aromatic carbocycles. The molecule has 5 nitrogen and oxygen atoms in total. The van der Waals surface area contributed by atoms with E-state index in [9.17, 15) is 5.26 Å². The highest BCUT2D eigenvalue weighted by molar-refractivity contribution is 5.87. The number of ether oxygens (including phenoxy) is 1. The minimum atomic E-state index is -0.168. The quantitative estimate of drug-likeness (QED) is 0.654. The first-order valence-electron chi connectivity index (χ1n) is 9.56. The van der Waals surface area contributed by atoms with E-state index in [1.807, 2.05) is 31.2 Å². The van der Waals surface area contributed by atoms with Crippen LogP contribution in [0.4, 0.5) is 5.69 Å². The number of hydrogen-bond donors (Lipinski definition) is 0. The van der Waals surface area contributed by atoms with Gasteiger partial charge < -0.3 is 9.64 Å². The van der Waals surface area contributed by atoms with E-state index in [0.29, 0.717) is 18.1 Å². The van der Waals surface area contributed by atoms with Gasteiger partial charge >= 0.3 is 0 Å². The van der Waals surface area contributed by atoms with Crippen molar-refractivity contribution in [1.82, 2.24) is 0 Å². The number of anilines is 1. The average Bonchev–Trinajstić information content (AvgIpc) is 2.69. The molecule has 0 bridgehead atoms. The molecule has 0 aromatic heterocycles. The number of hydrogen-bond acceptors (Lipinski definition) is 5. The molecule has 140 valence electrons. The number of nitrogens with zero attached hydrogens (tertiary/aromatic N) is 4. The van der Waals surface area contributed by atoms with Crippen LogP contribution in [0.2, 0.25) is 0 Å². The van der Waals surface area contributed by atoms with Crippen LogP contribution in [0.5, 0.6) is 5.75 Å². The van der Waals surface area contributed by atoms with Crippen molar-refractivity contribution >= 4 is 11.3 Å². The van der Waals surface area contributed by atoms with Crippen molar-refractivity contribution in [2.45, 2.75) is 46.5 Å². The van der Waals surface area contributed by atoms with Gasteiger partial charge in [-0.15, -0.1) is 0 Å². The maximum atomic E-state index is 9.46. The minimum absolute atomic E-state index is 0.107. The zero-order valence-corrected chi connectivity index (χ0v) is 16.4. The molecule has 2 rings (SSSR count). The molecule has 1 aliphatic rings. The molecule has 1 heterocycles. The monoisotopic (exact) mass is 362 g/mol. The predicted molar refractivity (Wildman–Crippen MR) is 106 cm³/mol. The molecule has 0 radical (unpaired) electrons. The lowest BCUT2D eigenvalue weighted by Crippen LogP contribution is -2.36. The van der Waals surface area contributed by atoms with Gasteiger partial charge in [-0.3, -0.25) is 0 Å². The van der Waals surface area contributed by atoms with Crippen LogP contribution in [0, 0.1) is 46.8 Å². The summed E-state index contributed by atoms with van der Waals surface area (Å²) in [5.41, 5.74) is 2.43. The highest BCUT2D eigenvalue weighted by atomic mass is 16.5. The highest BCUT2D eigenvalue weighted by Gasteiger charge is 2.23. The van der Waals surface area contributed by atoms with E-state index in [0.717, 1.165) is 36.5 Å².